The Morgan fingerprint density at radius 2 is 0.640 bits per heavy atom. The van der Waals surface area contributed by atoms with Gasteiger partial charge in [-0.25, -0.2) is 0 Å². The molecule has 0 unspecified atom stereocenters. The summed E-state index contributed by atoms with van der Waals surface area (Å²) in [6.07, 6.45) is 8.39. The van der Waals surface area contributed by atoms with Gasteiger partial charge in [0.05, 0.1) is 0 Å². The van der Waals surface area contributed by atoms with Crippen molar-refractivity contribution in [3.63, 3.8) is 0 Å². The Morgan fingerprint density at radius 1 is 0.360 bits per heavy atom. The predicted molar refractivity (Wildman–Crippen MR) is 141 cm³/mol. The third kappa shape index (κ3) is 41.6. The summed E-state index contributed by atoms with van der Waals surface area (Å²) in [6, 6.07) is 0. The summed E-state index contributed by atoms with van der Waals surface area (Å²) in [4.78, 5) is 0. The molecule has 25 heavy (non-hydrogen) atoms. The van der Waals surface area contributed by atoms with Gasteiger partial charge >= 0.3 is 0 Å². The molecule has 0 radical (unpaired) electrons. The Hall–Kier alpha value is 2.20. The summed E-state index contributed by atoms with van der Waals surface area (Å²) in [7, 11) is 0. The maximum atomic E-state index is 5.45. The molecule has 5 nitrogen and oxygen atoms in total. The van der Waals surface area contributed by atoms with Crippen molar-refractivity contribution in [2.24, 2.45) is 11.5 Å². The second-order valence-electron chi connectivity index (χ2n) is 5.30. The first-order valence-corrected chi connectivity index (χ1v) is 8.44. The zero-order chi connectivity index (χ0) is 14.7. The number of nitrogens with two attached hydrogens (primary N) is 2. The van der Waals surface area contributed by atoms with Crippen LogP contribution < -0.4 is 27.4 Å². The SMILES string of the molecule is Br.Br.Br.Br.Br.NCCCCCNCCCNCCCNCCCCN. The van der Waals surface area contributed by atoms with Gasteiger partial charge < -0.3 is 27.4 Å². The Balaban J connectivity index is -0.000000180. The maximum Gasteiger partial charge on any atom is -0.00368 e. The summed E-state index contributed by atoms with van der Waals surface area (Å²) in [5.41, 5.74) is 10.9. The van der Waals surface area contributed by atoms with E-state index in [-0.39, 0.29) is 84.9 Å². The van der Waals surface area contributed by atoms with E-state index in [9.17, 15) is 0 Å². The minimum absolute atomic E-state index is 0. The molecular weight excluding hydrogens is 650 g/mol. The molecule has 0 bridgehead atoms. The van der Waals surface area contributed by atoms with Crippen molar-refractivity contribution in [1.29, 1.82) is 0 Å². The zero-order valence-corrected chi connectivity index (χ0v) is 23.9. The van der Waals surface area contributed by atoms with Crippen molar-refractivity contribution in [2.45, 2.75) is 44.9 Å². The van der Waals surface area contributed by atoms with Crippen LogP contribution in [0.1, 0.15) is 44.9 Å². The number of nitrogens with one attached hydrogen (secondary N) is 3. The monoisotopic (exact) mass is 687 g/mol. The van der Waals surface area contributed by atoms with E-state index in [2.05, 4.69) is 16.0 Å². The average Bonchev–Trinajstić information content (AvgIpc) is 2.47. The van der Waals surface area contributed by atoms with Gasteiger partial charge in [-0.05, 0) is 90.9 Å². The standard InChI is InChI=1S/C15H37N5.5BrH/c16-8-2-1-4-10-18-12-6-14-20-15-7-13-19-11-5-3-9-17;;;;;/h18-20H,1-17H2;5*1H. The summed E-state index contributed by atoms with van der Waals surface area (Å²) < 4.78 is 0. The lowest BCUT2D eigenvalue weighted by molar-refractivity contribution is 0.548. The van der Waals surface area contributed by atoms with E-state index >= 15 is 0 Å². The lowest BCUT2D eigenvalue weighted by Gasteiger charge is -2.07. The molecule has 0 aliphatic heterocycles. The van der Waals surface area contributed by atoms with Crippen LogP contribution >= 0.6 is 84.9 Å². The van der Waals surface area contributed by atoms with Crippen LogP contribution in [-0.2, 0) is 0 Å². The van der Waals surface area contributed by atoms with Crippen molar-refractivity contribution in [3.05, 3.63) is 0 Å². The molecule has 0 heterocycles. The number of rotatable bonds is 17. The summed E-state index contributed by atoms with van der Waals surface area (Å²) in [6.45, 7) is 8.32. The van der Waals surface area contributed by atoms with Crippen LogP contribution in [-0.4, -0.2) is 52.4 Å². The molecule has 0 aromatic rings. The van der Waals surface area contributed by atoms with Gasteiger partial charge in [-0.1, -0.05) is 6.42 Å². The van der Waals surface area contributed by atoms with E-state index in [1.807, 2.05) is 0 Å². The number of hydrogen-bond acceptors (Lipinski definition) is 5. The molecule has 0 aromatic heterocycles. The van der Waals surface area contributed by atoms with Crippen molar-refractivity contribution in [2.75, 3.05) is 52.4 Å². The van der Waals surface area contributed by atoms with Crippen LogP contribution in [0.3, 0.4) is 0 Å². The molecular formula is C15H42Br5N5. The first-order valence-electron chi connectivity index (χ1n) is 8.44. The van der Waals surface area contributed by atoms with E-state index in [0.717, 1.165) is 65.2 Å². The molecule has 7 N–H and O–H groups in total. The van der Waals surface area contributed by atoms with Crippen molar-refractivity contribution < 1.29 is 0 Å². The number of unbranched alkanes of at least 4 members (excludes halogenated alkanes) is 3. The molecule has 10 heteroatoms. The number of hydrogen-bond donors (Lipinski definition) is 5. The van der Waals surface area contributed by atoms with Crippen LogP contribution in [0.2, 0.25) is 0 Å². The Labute approximate surface area is 208 Å². The third-order valence-electron chi connectivity index (χ3n) is 3.28. The van der Waals surface area contributed by atoms with Crippen LogP contribution in [0.5, 0.6) is 0 Å². The zero-order valence-electron chi connectivity index (χ0n) is 15.3. The van der Waals surface area contributed by atoms with E-state index in [0.29, 0.717) is 0 Å². The van der Waals surface area contributed by atoms with E-state index < -0.39 is 0 Å². The lowest BCUT2D eigenvalue weighted by atomic mass is 10.2. The molecule has 0 atom stereocenters. The molecule has 0 aromatic carbocycles. The average molecular weight is 692 g/mol. The molecule has 0 saturated carbocycles. The number of halogens is 5. The molecule has 0 aliphatic carbocycles. The maximum absolute atomic E-state index is 5.45. The fourth-order valence-electron chi connectivity index (χ4n) is 2.02. The third-order valence-corrected chi connectivity index (χ3v) is 3.28. The summed E-state index contributed by atoms with van der Waals surface area (Å²) >= 11 is 0. The highest BCUT2D eigenvalue weighted by molar-refractivity contribution is 8.93. The van der Waals surface area contributed by atoms with Gasteiger partial charge in [0.1, 0.15) is 0 Å². The fourth-order valence-corrected chi connectivity index (χ4v) is 2.02. The minimum atomic E-state index is 0. The Bertz CT molecular complexity index is 166. The normalized spacial score (nSPS) is 8.88. The molecule has 0 aliphatic rings. The Kier molecular flexibility index (Phi) is 67.8. The van der Waals surface area contributed by atoms with Gasteiger partial charge in [-0.15, -0.1) is 84.9 Å². The van der Waals surface area contributed by atoms with Gasteiger partial charge in [-0.3, -0.25) is 0 Å². The van der Waals surface area contributed by atoms with Crippen LogP contribution in [0.25, 0.3) is 0 Å². The highest BCUT2D eigenvalue weighted by atomic mass is 79.9. The highest BCUT2D eigenvalue weighted by Gasteiger charge is 1.91. The van der Waals surface area contributed by atoms with Crippen molar-refractivity contribution >= 4 is 84.9 Å². The lowest BCUT2D eigenvalue weighted by Crippen LogP contribution is -2.26. The van der Waals surface area contributed by atoms with Crippen LogP contribution in [0, 0.1) is 0 Å². The molecule has 0 rings (SSSR count). The molecule has 0 fully saturated rings. The second-order valence-corrected chi connectivity index (χ2v) is 5.30. The molecule has 162 valence electrons. The highest BCUT2D eigenvalue weighted by Crippen LogP contribution is 1.90. The fraction of sp³-hybridized carbons (Fsp3) is 1.00. The van der Waals surface area contributed by atoms with Gasteiger partial charge in [0.2, 0.25) is 0 Å². The minimum Gasteiger partial charge on any atom is -0.330 e. The molecule has 0 saturated heterocycles. The second kappa shape index (κ2) is 40.8. The largest absolute Gasteiger partial charge is 0.330 e. The van der Waals surface area contributed by atoms with Gasteiger partial charge in [0.15, 0.2) is 0 Å². The van der Waals surface area contributed by atoms with E-state index in [1.165, 1.54) is 32.1 Å². The van der Waals surface area contributed by atoms with Crippen LogP contribution in [0.15, 0.2) is 0 Å². The summed E-state index contributed by atoms with van der Waals surface area (Å²) in [5, 5.41) is 10.4. The van der Waals surface area contributed by atoms with Crippen molar-refractivity contribution in [1.82, 2.24) is 16.0 Å². The first-order chi connectivity index (χ1) is 9.91. The summed E-state index contributed by atoms with van der Waals surface area (Å²) in [5.74, 6) is 0. The Morgan fingerprint density at radius 3 is 1.00 bits per heavy atom. The van der Waals surface area contributed by atoms with E-state index in [1.54, 1.807) is 0 Å². The smallest absolute Gasteiger partial charge is 0.00368 e. The van der Waals surface area contributed by atoms with Gasteiger partial charge in [0.25, 0.3) is 0 Å². The van der Waals surface area contributed by atoms with E-state index in [4.69, 9.17) is 11.5 Å². The van der Waals surface area contributed by atoms with Crippen LogP contribution in [0.4, 0.5) is 0 Å². The predicted octanol–water partition coefficient (Wildman–Crippen LogP) is 3.29. The van der Waals surface area contributed by atoms with Gasteiger partial charge in [0, 0.05) is 0 Å². The topological polar surface area (TPSA) is 88.1 Å². The molecule has 0 spiro atoms. The quantitative estimate of drug-likeness (QED) is 0.151. The molecule has 0 amide bonds. The first kappa shape index (κ1) is 41.5. The van der Waals surface area contributed by atoms with Crippen molar-refractivity contribution in [3.8, 4) is 0 Å². The van der Waals surface area contributed by atoms with Gasteiger partial charge in [-0.2, -0.15) is 0 Å².